The van der Waals surface area contributed by atoms with E-state index in [4.69, 9.17) is 0 Å². The lowest BCUT2D eigenvalue weighted by molar-refractivity contribution is -0.254. The Labute approximate surface area is 112 Å². The van der Waals surface area contributed by atoms with Gasteiger partial charge in [0, 0.05) is 50.5 Å². The Morgan fingerprint density at radius 3 is 2.05 bits per heavy atom. The Morgan fingerprint density at radius 1 is 0.947 bits per heavy atom. The third kappa shape index (κ3) is 2.21. The van der Waals surface area contributed by atoms with Gasteiger partial charge in [-0.15, -0.1) is 0 Å². The number of aromatic carboxylic acids is 1. The summed E-state index contributed by atoms with van der Waals surface area (Å²) in [6.45, 7) is 0. The van der Waals surface area contributed by atoms with Crippen LogP contribution in [0.3, 0.4) is 0 Å². The van der Waals surface area contributed by atoms with Crippen molar-refractivity contribution in [3.63, 3.8) is 0 Å². The van der Waals surface area contributed by atoms with Crippen molar-refractivity contribution in [3.05, 3.63) is 35.9 Å². The van der Waals surface area contributed by atoms with Gasteiger partial charge in [0.2, 0.25) is 0 Å². The number of hydrogen-bond donors (Lipinski definition) is 0. The number of carboxylic acids is 1. The van der Waals surface area contributed by atoms with Crippen LogP contribution in [-0.2, 0) is 0 Å². The number of rotatable bonds is 3. The van der Waals surface area contributed by atoms with Crippen LogP contribution in [0, 0.1) is 0 Å². The smallest absolute Gasteiger partial charge is 0.0721 e. The predicted octanol–water partition coefficient (Wildman–Crippen LogP) is 1.34. The highest BCUT2D eigenvalue weighted by Gasteiger charge is 2.12. The van der Waals surface area contributed by atoms with Gasteiger partial charge >= 0.3 is 0 Å². The minimum absolute atomic E-state index is 0.226. The van der Waals surface area contributed by atoms with Gasteiger partial charge in [-0.05, 0) is 17.5 Å². The van der Waals surface area contributed by atoms with Crippen LogP contribution in [0.2, 0.25) is 0 Å². The molecule has 2 aromatic rings. The molecule has 0 fully saturated rings. The molecule has 0 radical (unpaired) electrons. The van der Waals surface area contributed by atoms with E-state index in [0.717, 1.165) is 16.8 Å². The largest absolute Gasteiger partial charge is 0.545 e. The molecule has 0 saturated carbocycles. The molecule has 4 heteroatoms. The van der Waals surface area contributed by atoms with Crippen LogP contribution in [0.5, 0.6) is 0 Å². The molecule has 0 spiro atoms. The monoisotopic (exact) mass is 257 g/mol. The average Bonchev–Trinajstić information content (AvgIpc) is 2.35. The molecule has 100 valence electrons. The normalized spacial score (nSPS) is 10.5. The summed E-state index contributed by atoms with van der Waals surface area (Å²) in [6.07, 6.45) is 0. The second-order valence-corrected chi connectivity index (χ2v) is 4.91. The summed E-state index contributed by atoms with van der Waals surface area (Å²) in [5, 5.41) is 12.9. The van der Waals surface area contributed by atoms with Gasteiger partial charge in [0.25, 0.3) is 0 Å². The molecule has 2 rings (SSSR count). The molecule has 0 N–H and O–H groups in total. The minimum atomic E-state index is -1.15. The van der Waals surface area contributed by atoms with E-state index in [0.29, 0.717) is 5.39 Å². The Balaban J connectivity index is 2.93. The van der Waals surface area contributed by atoms with Crippen LogP contribution in [0.1, 0.15) is 10.4 Å². The molecule has 19 heavy (non-hydrogen) atoms. The number of nitrogens with zero attached hydrogens (tertiary/aromatic N) is 2. The Kier molecular flexibility index (Phi) is 3.34. The van der Waals surface area contributed by atoms with Crippen molar-refractivity contribution in [2.75, 3.05) is 38.0 Å². The number of carbonyl (C=O) groups excluding carboxylic acids is 1. The summed E-state index contributed by atoms with van der Waals surface area (Å²) in [7, 11) is 7.78. The molecule has 0 unspecified atom stereocenters. The number of hydrogen-bond acceptors (Lipinski definition) is 4. The standard InChI is InChI=1S/C15H18N2O2/c1-16(2)12-7-5-6-10-11(15(18)19)8-9-13(14(10)12)17(3)4/h5-9H,1-4H3,(H,18,19)/p-1. The fourth-order valence-electron chi connectivity index (χ4n) is 2.29. The van der Waals surface area contributed by atoms with Crippen LogP contribution in [-0.4, -0.2) is 34.2 Å². The first-order valence-corrected chi connectivity index (χ1v) is 6.05. The first-order chi connectivity index (χ1) is 8.93. The molecule has 0 atom stereocenters. The summed E-state index contributed by atoms with van der Waals surface area (Å²) >= 11 is 0. The van der Waals surface area contributed by atoms with Gasteiger partial charge in [-0.3, -0.25) is 0 Å². The van der Waals surface area contributed by atoms with E-state index < -0.39 is 5.97 Å². The molecule has 0 aliphatic heterocycles. The van der Waals surface area contributed by atoms with Crippen molar-refractivity contribution in [1.82, 2.24) is 0 Å². The number of fused-ring (bicyclic) bond motifs is 1. The first-order valence-electron chi connectivity index (χ1n) is 6.05. The van der Waals surface area contributed by atoms with Gasteiger partial charge < -0.3 is 19.7 Å². The van der Waals surface area contributed by atoms with Gasteiger partial charge in [-0.2, -0.15) is 0 Å². The minimum Gasteiger partial charge on any atom is -0.545 e. The zero-order valence-electron chi connectivity index (χ0n) is 11.6. The highest BCUT2D eigenvalue weighted by Crippen LogP contribution is 2.35. The molecular weight excluding hydrogens is 240 g/mol. The number of benzene rings is 2. The van der Waals surface area contributed by atoms with Crippen LogP contribution in [0.25, 0.3) is 10.8 Å². The SMILES string of the molecule is CN(C)c1cccc2c(C(=O)[O-])ccc(N(C)C)c12. The van der Waals surface area contributed by atoms with Crippen LogP contribution in [0.4, 0.5) is 11.4 Å². The molecule has 0 aromatic heterocycles. The zero-order valence-corrected chi connectivity index (χ0v) is 11.6. The second-order valence-electron chi connectivity index (χ2n) is 4.91. The number of anilines is 2. The van der Waals surface area contributed by atoms with Gasteiger partial charge in [0.1, 0.15) is 0 Å². The maximum atomic E-state index is 11.2. The van der Waals surface area contributed by atoms with Crippen molar-refractivity contribution in [3.8, 4) is 0 Å². The second kappa shape index (κ2) is 4.80. The number of carbonyl (C=O) groups is 1. The molecule has 0 aliphatic carbocycles. The van der Waals surface area contributed by atoms with Crippen LogP contribution >= 0.6 is 0 Å². The lowest BCUT2D eigenvalue weighted by Crippen LogP contribution is -2.23. The van der Waals surface area contributed by atoms with Crippen LogP contribution in [0.15, 0.2) is 30.3 Å². The summed E-state index contributed by atoms with van der Waals surface area (Å²) in [6, 6.07) is 9.09. The van der Waals surface area contributed by atoms with E-state index in [2.05, 4.69) is 0 Å². The molecule has 2 aromatic carbocycles. The quantitative estimate of drug-likeness (QED) is 0.832. The molecule has 0 saturated heterocycles. The first kappa shape index (κ1) is 13.2. The highest BCUT2D eigenvalue weighted by molar-refractivity contribution is 6.12. The lowest BCUT2D eigenvalue weighted by atomic mass is 10.0. The Hall–Kier alpha value is -2.23. The maximum Gasteiger partial charge on any atom is 0.0721 e. The van der Waals surface area contributed by atoms with E-state index in [9.17, 15) is 9.90 Å². The van der Waals surface area contributed by atoms with E-state index in [-0.39, 0.29) is 5.56 Å². The Morgan fingerprint density at radius 2 is 1.53 bits per heavy atom. The number of carboxylic acid groups (broad SMARTS) is 1. The van der Waals surface area contributed by atoms with Gasteiger partial charge in [0.15, 0.2) is 0 Å². The lowest BCUT2D eigenvalue weighted by Gasteiger charge is -2.23. The molecule has 0 bridgehead atoms. The topological polar surface area (TPSA) is 46.6 Å². The van der Waals surface area contributed by atoms with E-state index >= 15 is 0 Å². The van der Waals surface area contributed by atoms with E-state index in [1.54, 1.807) is 6.07 Å². The third-order valence-electron chi connectivity index (χ3n) is 3.18. The van der Waals surface area contributed by atoms with Crippen molar-refractivity contribution >= 4 is 28.1 Å². The average molecular weight is 257 g/mol. The van der Waals surface area contributed by atoms with E-state index in [1.807, 2.05) is 62.3 Å². The highest BCUT2D eigenvalue weighted by atomic mass is 16.4. The maximum absolute atomic E-state index is 11.2. The summed E-state index contributed by atoms with van der Waals surface area (Å²) < 4.78 is 0. The van der Waals surface area contributed by atoms with Crippen molar-refractivity contribution < 1.29 is 9.90 Å². The van der Waals surface area contributed by atoms with Crippen molar-refractivity contribution in [1.29, 1.82) is 0 Å². The zero-order chi connectivity index (χ0) is 14.2. The van der Waals surface area contributed by atoms with Gasteiger partial charge in [-0.25, -0.2) is 0 Å². The van der Waals surface area contributed by atoms with Crippen molar-refractivity contribution in [2.24, 2.45) is 0 Å². The van der Waals surface area contributed by atoms with Crippen LogP contribution < -0.4 is 14.9 Å². The Bertz CT molecular complexity index is 619. The fraction of sp³-hybridized carbons (Fsp3) is 0.267. The summed E-state index contributed by atoms with van der Waals surface area (Å²) in [5.41, 5.74) is 2.21. The predicted molar refractivity (Wildman–Crippen MR) is 76.9 cm³/mol. The molecule has 0 heterocycles. The third-order valence-corrected chi connectivity index (χ3v) is 3.18. The van der Waals surface area contributed by atoms with Gasteiger partial charge in [-0.1, -0.05) is 18.2 Å². The molecule has 4 nitrogen and oxygen atoms in total. The molecule has 0 aliphatic rings. The van der Waals surface area contributed by atoms with E-state index in [1.165, 1.54) is 0 Å². The molecule has 0 amide bonds. The summed E-state index contributed by atoms with van der Waals surface area (Å²) in [4.78, 5) is 15.2. The van der Waals surface area contributed by atoms with Crippen molar-refractivity contribution in [2.45, 2.75) is 0 Å². The molecular formula is C15H17N2O2-. The summed E-state index contributed by atoms with van der Waals surface area (Å²) in [5.74, 6) is -1.15. The van der Waals surface area contributed by atoms with Gasteiger partial charge in [0.05, 0.1) is 5.97 Å². The fourth-order valence-corrected chi connectivity index (χ4v) is 2.29.